The van der Waals surface area contributed by atoms with Crippen LogP contribution in [0.4, 0.5) is 15.8 Å². The maximum Gasteiger partial charge on any atom is 0.125 e. The predicted molar refractivity (Wildman–Crippen MR) is 87.9 cm³/mol. The molecule has 2 rings (SSSR count). The standard InChI is InChI=1S/C17H20ClFN2/c1-3-21(14-7-4-6-13(19)11-14)17-9-5-8-16(18)15(17)10-12(2)20/h4-9,11-12H,3,10,20H2,1-2H3. The van der Waals surface area contributed by atoms with Gasteiger partial charge >= 0.3 is 0 Å². The van der Waals surface area contributed by atoms with Crippen molar-refractivity contribution in [1.29, 1.82) is 0 Å². The van der Waals surface area contributed by atoms with Crippen LogP contribution in [-0.2, 0) is 6.42 Å². The van der Waals surface area contributed by atoms with Crippen molar-refractivity contribution in [2.75, 3.05) is 11.4 Å². The number of benzene rings is 2. The van der Waals surface area contributed by atoms with E-state index in [-0.39, 0.29) is 11.9 Å². The third-order valence-corrected chi connectivity index (χ3v) is 3.70. The van der Waals surface area contributed by atoms with E-state index in [2.05, 4.69) is 0 Å². The number of hydrogen-bond acceptors (Lipinski definition) is 2. The average molecular weight is 307 g/mol. The van der Waals surface area contributed by atoms with E-state index < -0.39 is 0 Å². The summed E-state index contributed by atoms with van der Waals surface area (Å²) >= 11 is 6.34. The van der Waals surface area contributed by atoms with Crippen LogP contribution in [0.15, 0.2) is 42.5 Å². The quantitative estimate of drug-likeness (QED) is 0.879. The fourth-order valence-electron chi connectivity index (χ4n) is 2.46. The lowest BCUT2D eigenvalue weighted by Gasteiger charge is -2.27. The summed E-state index contributed by atoms with van der Waals surface area (Å²) in [4.78, 5) is 2.05. The summed E-state index contributed by atoms with van der Waals surface area (Å²) in [6, 6.07) is 12.4. The minimum atomic E-state index is -0.248. The normalized spacial score (nSPS) is 12.2. The minimum Gasteiger partial charge on any atom is -0.341 e. The Bertz CT molecular complexity index is 613. The molecule has 0 aliphatic rings. The Morgan fingerprint density at radius 1 is 1.24 bits per heavy atom. The van der Waals surface area contributed by atoms with Crippen LogP contribution >= 0.6 is 11.6 Å². The SMILES string of the molecule is CCN(c1cccc(F)c1)c1cccc(Cl)c1CC(C)N. The van der Waals surface area contributed by atoms with Gasteiger partial charge in [-0.1, -0.05) is 23.7 Å². The molecule has 0 aliphatic heterocycles. The van der Waals surface area contributed by atoms with Gasteiger partial charge in [-0.2, -0.15) is 0 Å². The number of anilines is 2. The number of rotatable bonds is 5. The van der Waals surface area contributed by atoms with Gasteiger partial charge in [0.25, 0.3) is 0 Å². The smallest absolute Gasteiger partial charge is 0.125 e. The zero-order chi connectivity index (χ0) is 15.4. The molecule has 0 fully saturated rings. The van der Waals surface area contributed by atoms with Crippen molar-refractivity contribution in [1.82, 2.24) is 0 Å². The van der Waals surface area contributed by atoms with Crippen LogP contribution in [0.2, 0.25) is 5.02 Å². The third-order valence-electron chi connectivity index (χ3n) is 3.35. The molecule has 0 aliphatic carbocycles. The van der Waals surface area contributed by atoms with Crippen LogP contribution in [-0.4, -0.2) is 12.6 Å². The molecule has 0 saturated carbocycles. The van der Waals surface area contributed by atoms with E-state index in [1.54, 1.807) is 6.07 Å². The Morgan fingerprint density at radius 3 is 2.57 bits per heavy atom. The van der Waals surface area contributed by atoms with Gasteiger partial charge in [0.15, 0.2) is 0 Å². The topological polar surface area (TPSA) is 29.3 Å². The summed E-state index contributed by atoms with van der Waals surface area (Å²) in [5.74, 6) is -0.248. The molecule has 0 aromatic heterocycles. The molecule has 2 aromatic carbocycles. The third kappa shape index (κ3) is 3.74. The molecule has 1 unspecified atom stereocenters. The lowest BCUT2D eigenvalue weighted by Crippen LogP contribution is -2.22. The van der Waals surface area contributed by atoms with E-state index in [1.165, 1.54) is 12.1 Å². The molecular formula is C17H20ClFN2. The van der Waals surface area contributed by atoms with Crippen molar-refractivity contribution in [2.45, 2.75) is 26.3 Å². The number of nitrogens with two attached hydrogens (primary N) is 1. The van der Waals surface area contributed by atoms with Gasteiger partial charge in [-0.3, -0.25) is 0 Å². The zero-order valence-electron chi connectivity index (χ0n) is 12.3. The molecule has 21 heavy (non-hydrogen) atoms. The van der Waals surface area contributed by atoms with Crippen LogP contribution in [0.25, 0.3) is 0 Å². The molecule has 0 amide bonds. The first-order chi connectivity index (χ1) is 10.0. The largest absolute Gasteiger partial charge is 0.341 e. The zero-order valence-corrected chi connectivity index (χ0v) is 13.1. The van der Waals surface area contributed by atoms with Crippen LogP contribution in [0, 0.1) is 5.82 Å². The Labute approximate surface area is 130 Å². The molecule has 2 N–H and O–H groups in total. The molecule has 0 spiro atoms. The Hall–Kier alpha value is -1.58. The maximum absolute atomic E-state index is 13.5. The van der Waals surface area contributed by atoms with Crippen molar-refractivity contribution < 1.29 is 4.39 Å². The molecule has 0 radical (unpaired) electrons. The lowest BCUT2D eigenvalue weighted by molar-refractivity contribution is 0.627. The first kappa shape index (κ1) is 15.8. The summed E-state index contributed by atoms with van der Waals surface area (Å²) in [7, 11) is 0. The second-order valence-corrected chi connectivity index (χ2v) is 5.55. The van der Waals surface area contributed by atoms with Gasteiger partial charge in [0.05, 0.1) is 0 Å². The van der Waals surface area contributed by atoms with E-state index in [1.807, 2.05) is 43.0 Å². The number of halogens is 2. The second-order valence-electron chi connectivity index (χ2n) is 5.14. The molecule has 0 bridgehead atoms. The monoisotopic (exact) mass is 306 g/mol. The number of nitrogens with zero attached hydrogens (tertiary/aromatic N) is 1. The van der Waals surface area contributed by atoms with E-state index in [0.29, 0.717) is 11.4 Å². The van der Waals surface area contributed by atoms with Crippen molar-refractivity contribution in [3.05, 3.63) is 58.9 Å². The van der Waals surface area contributed by atoms with E-state index >= 15 is 0 Å². The van der Waals surface area contributed by atoms with Crippen molar-refractivity contribution in [3.8, 4) is 0 Å². The summed E-state index contributed by atoms with van der Waals surface area (Å²) in [5.41, 5.74) is 8.72. The van der Waals surface area contributed by atoms with E-state index in [9.17, 15) is 4.39 Å². The van der Waals surface area contributed by atoms with Gasteiger partial charge < -0.3 is 10.6 Å². The molecule has 0 heterocycles. The number of hydrogen-bond donors (Lipinski definition) is 1. The van der Waals surface area contributed by atoms with Crippen molar-refractivity contribution in [3.63, 3.8) is 0 Å². The minimum absolute atomic E-state index is 0.00913. The van der Waals surface area contributed by atoms with Crippen LogP contribution in [0.5, 0.6) is 0 Å². The highest BCUT2D eigenvalue weighted by atomic mass is 35.5. The second kappa shape index (κ2) is 6.92. The van der Waals surface area contributed by atoms with Gasteiger partial charge in [0.1, 0.15) is 5.82 Å². The lowest BCUT2D eigenvalue weighted by atomic mass is 10.0. The van der Waals surface area contributed by atoms with Crippen LogP contribution < -0.4 is 10.6 Å². The summed E-state index contributed by atoms with van der Waals surface area (Å²) in [5, 5.41) is 0.694. The average Bonchev–Trinajstić information content (AvgIpc) is 2.43. The molecule has 4 heteroatoms. The highest BCUT2D eigenvalue weighted by Gasteiger charge is 2.15. The molecule has 1 atom stereocenters. The molecule has 112 valence electrons. The summed E-state index contributed by atoms with van der Waals surface area (Å²) in [6.45, 7) is 4.70. The van der Waals surface area contributed by atoms with E-state index in [0.717, 1.165) is 23.5 Å². The van der Waals surface area contributed by atoms with Gasteiger partial charge in [0.2, 0.25) is 0 Å². The van der Waals surface area contributed by atoms with Gasteiger partial charge in [-0.05, 0) is 56.2 Å². The van der Waals surface area contributed by atoms with Crippen LogP contribution in [0.1, 0.15) is 19.4 Å². The fourth-order valence-corrected chi connectivity index (χ4v) is 2.71. The Kier molecular flexibility index (Phi) is 5.21. The maximum atomic E-state index is 13.5. The Morgan fingerprint density at radius 2 is 1.95 bits per heavy atom. The van der Waals surface area contributed by atoms with Gasteiger partial charge in [-0.25, -0.2) is 4.39 Å². The summed E-state index contributed by atoms with van der Waals surface area (Å²) < 4.78 is 13.5. The first-order valence-electron chi connectivity index (χ1n) is 7.09. The van der Waals surface area contributed by atoms with E-state index in [4.69, 9.17) is 17.3 Å². The molecule has 2 aromatic rings. The van der Waals surface area contributed by atoms with Gasteiger partial charge in [-0.15, -0.1) is 0 Å². The molecule has 0 saturated heterocycles. The molecule has 2 nitrogen and oxygen atoms in total. The van der Waals surface area contributed by atoms with Crippen molar-refractivity contribution in [2.24, 2.45) is 5.73 Å². The van der Waals surface area contributed by atoms with Crippen molar-refractivity contribution >= 4 is 23.0 Å². The Balaban J connectivity index is 2.49. The molecular weight excluding hydrogens is 287 g/mol. The fraction of sp³-hybridized carbons (Fsp3) is 0.294. The first-order valence-corrected chi connectivity index (χ1v) is 7.46. The predicted octanol–water partition coefficient (Wildman–Crippen LogP) is 4.53. The van der Waals surface area contributed by atoms with Crippen LogP contribution in [0.3, 0.4) is 0 Å². The highest BCUT2D eigenvalue weighted by molar-refractivity contribution is 6.31. The summed E-state index contributed by atoms with van der Waals surface area (Å²) in [6.07, 6.45) is 0.681. The highest BCUT2D eigenvalue weighted by Crippen LogP contribution is 2.33. The van der Waals surface area contributed by atoms with Gasteiger partial charge in [0, 0.05) is 29.0 Å².